The number of phenols is 2. The van der Waals surface area contributed by atoms with Crippen LogP contribution in [0.25, 0.3) is 0 Å². The van der Waals surface area contributed by atoms with Crippen molar-refractivity contribution < 1.29 is 24.5 Å². The molecular weight excluding hydrogens is 298 g/mol. The lowest BCUT2D eigenvalue weighted by atomic mass is 10.1. The summed E-state index contributed by atoms with van der Waals surface area (Å²) in [5, 5.41) is 19.7. The first-order valence-corrected chi connectivity index (χ1v) is 7.01. The van der Waals surface area contributed by atoms with Gasteiger partial charge in [0.1, 0.15) is 17.1 Å². The van der Waals surface area contributed by atoms with Crippen LogP contribution in [-0.4, -0.2) is 34.1 Å². The van der Waals surface area contributed by atoms with Crippen molar-refractivity contribution in [2.24, 2.45) is 0 Å². The number of esters is 1. The summed E-state index contributed by atoms with van der Waals surface area (Å²) >= 11 is 0. The average molecular weight is 313 g/mol. The van der Waals surface area contributed by atoms with E-state index in [0.717, 1.165) is 23.3 Å². The molecule has 1 aliphatic rings. The van der Waals surface area contributed by atoms with E-state index in [1.807, 2.05) is 24.3 Å². The van der Waals surface area contributed by atoms with Crippen molar-refractivity contribution >= 4 is 11.9 Å². The van der Waals surface area contributed by atoms with Gasteiger partial charge in [0.25, 0.3) is 5.91 Å². The Balaban J connectivity index is 1.93. The highest BCUT2D eigenvalue weighted by Crippen LogP contribution is 2.31. The molecule has 2 aromatic carbocycles. The van der Waals surface area contributed by atoms with E-state index in [-0.39, 0.29) is 16.9 Å². The molecule has 0 radical (unpaired) electrons. The van der Waals surface area contributed by atoms with Crippen LogP contribution in [0.1, 0.15) is 31.8 Å². The van der Waals surface area contributed by atoms with Crippen molar-refractivity contribution in [1.29, 1.82) is 0 Å². The zero-order valence-corrected chi connectivity index (χ0v) is 12.4. The fourth-order valence-corrected chi connectivity index (χ4v) is 2.67. The molecule has 0 atom stereocenters. The Morgan fingerprint density at radius 1 is 1.00 bits per heavy atom. The molecule has 6 nitrogen and oxygen atoms in total. The highest BCUT2D eigenvalue weighted by Gasteiger charge is 2.27. The first-order chi connectivity index (χ1) is 11.0. The Morgan fingerprint density at radius 2 is 1.57 bits per heavy atom. The van der Waals surface area contributed by atoms with E-state index in [0.29, 0.717) is 13.1 Å². The van der Waals surface area contributed by atoms with Gasteiger partial charge in [0.05, 0.1) is 12.7 Å². The van der Waals surface area contributed by atoms with E-state index in [1.165, 1.54) is 7.11 Å². The van der Waals surface area contributed by atoms with Gasteiger partial charge in [-0.25, -0.2) is 4.79 Å². The number of methoxy groups -OCH3 is 1. The van der Waals surface area contributed by atoms with Crippen LogP contribution in [0, 0.1) is 0 Å². The molecule has 2 N–H and O–H groups in total. The van der Waals surface area contributed by atoms with Crippen molar-refractivity contribution in [2.45, 2.75) is 13.1 Å². The third-order valence-corrected chi connectivity index (χ3v) is 3.88. The van der Waals surface area contributed by atoms with Crippen LogP contribution in [0.2, 0.25) is 0 Å². The summed E-state index contributed by atoms with van der Waals surface area (Å²) in [6.45, 7) is 0.867. The van der Waals surface area contributed by atoms with Gasteiger partial charge in [-0.3, -0.25) is 4.79 Å². The molecule has 0 fully saturated rings. The van der Waals surface area contributed by atoms with Gasteiger partial charge in [-0.05, 0) is 17.2 Å². The molecule has 0 unspecified atom stereocenters. The second kappa shape index (κ2) is 5.64. The normalized spacial score (nSPS) is 12.8. The van der Waals surface area contributed by atoms with Crippen molar-refractivity contribution in [3.8, 4) is 11.5 Å². The minimum absolute atomic E-state index is 0.0454. The fourth-order valence-electron chi connectivity index (χ4n) is 2.67. The number of phenolic OH excluding ortho intramolecular Hbond substituents is 2. The maximum absolute atomic E-state index is 12.6. The number of ether oxygens (including phenoxy) is 1. The summed E-state index contributed by atoms with van der Waals surface area (Å²) in [5.41, 5.74) is 1.89. The van der Waals surface area contributed by atoms with E-state index in [2.05, 4.69) is 4.74 Å². The molecule has 0 saturated carbocycles. The molecule has 3 rings (SSSR count). The second-order valence-electron chi connectivity index (χ2n) is 5.31. The molecule has 1 heterocycles. The summed E-state index contributed by atoms with van der Waals surface area (Å²) in [4.78, 5) is 25.8. The van der Waals surface area contributed by atoms with Crippen LogP contribution in [0.4, 0.5) is 0 Å². The quantitative estimate of drug-likeness (QED) is 0.829. The molecule has 0 bridgehead atoms. The number of rotatable bonds is 2. The van der Waals surface area contributed by atoms with Crippen LogP contribution >= 0.6 is 0 Å². The van der Waals surface area contributed by atoms with E-state index in [9.17, 15) is 19.8 Å². The lowest BCUT2D eigenvalue weighted by molar-refractivity contribution is 0.0597. The second-order valence-corrected chi connectivity index (χ2v) is 5.31. The summed E-state index contributed by atoms with van der Waals surface area (Å²) in [5.74, 6) is -2.00. The molecule has 2 aromatic rings. The first-order valence-electron chi connectivity index (χ1n) is 7.01. The number of benzene rings is 2. The number of carbonyl (C=O) groups is 2. The number of carbonyl (C=O) groups excluding carboxylic acids is 2. The van der Waals surface area contributed by atoms with Crippen molar-refractivity contribution in [2.75, 3.05) is 7.11 Å². The number of amides is 1. The SMILES string of the molecule is COC(=O)c1cc(C(=O)N2Cc3ccccc3C2)c(O)cc1O. The van der Waals surface area contributed by atoms with Crippen LogP contribution in [0.15, 0.2) is 36.4 Å². The molecule has 1 amide bonds. The fraction of sp³-hybridized carbons (Fsp3) is 0.176. The smallest absolute Gasteiger partial charge is 0.341 e. The van der Waals surface area contributed by atoms with Gasteiger partial charge in [-0.2, -0.15) is 0 Å². The molecule has 23 heavy (non-hydrogen) atoms. The predicted octanol–water partition coefficient (Wildman–Crippen LogP) is 2.04. The highest BCUT2D eigenvalue weighted by molar-refractivity contribution is 6.01. The summed E-state index contributed by atoms with van der Waals surface area (Å²) in [6.07, 6.45) is 0. The van der Waals surface area contributed by atoms with E-state index in [4.69, 9.17) is 0 Å². The molecule has 0 aromatic heterocycles. The van der Waals surface area contributed by atoms with Gasteiger partial charge < -0.3 is 19.8 Å². The van der Waals surface area contributed by atoms with Gasteiger partial charge in [-0.15, -0.1) is 0 Å². The first kappa shape index (κ1) is 14.9. The standard InChI is InChI=1S/C17H15NO5/c1-23-17(22)13-6-12(14(19)7-15(13)20)16(21)18-8-10-4-2-3-5-11(10)9-18/h2-7,19-20H,8-9H2,1H3. The Hall–Kier alpha value is -3.02. The molecule has 0 spiro atoms. The predicted molar refractivity (Wildman–Crippen MR) is 81.1 cm³/mol. The molecular formula is C17H15NO5. The van der Waals surface area contributed by atoms with Crippen LogP contribution in [0.3, 0.4) is 0 Å². The van der Waals surface area contributed by atoms with E-state index in [1.54, 1.807) is 4.90 Å². The van der Waals surface area contributed by atoms with Gasteiger partial charge in [0.2, 0.25) is 0 Å². The molecule has 118 valence electrons. The maximum atomic E-state index is 12.6. The van der Waals surface area contributed by atoms with Crippen molar-refractivity contribution in [3.63, 3.8) is 0 Å². The Bertz CT molecular complexity index is 775. The average Bonchev–Trinajstić information content (AvgIpc) is 2.97. The molecule has 0 saturated heterocycles. The zero-order chi connectivity index (χ0) is 16.6. The molecule has 0 aliphatic carbocycles. The number of aromatic hydroxyl groups is 2. The number of fused-ring (bicyclic) bond motifs is 1. The van der Waals surface area contributed by atoms with E-state index < -0.39 is 17.6 Å². The maximum Gasteiger partial charge on any atom is 0.341 e. The minimum Gasteiger partial charge on any atom is -0.507 e. The lowest BCUT2D eigenvalue weighted by Crippen LogP contribution is -2.25. The Kier molecular flexibility index (Phi) is 3.65. The van der Waals surface area contributed by atoms with Crippen LogP contribution in [-0.2, 0) is 17.8 Å². The number of nitrogens with zero attached hydrogens (tertiary/aromatic N) is 1. The van der Waals surface area contributed by atoms with Gasteiger partial charge >= 0.3 is 5.97 Å². The molecule has 6 heteroatoms. The topological polar surface area (TPSA) is 87.1 Å². The molecule has 1 aliphatic heterocycles. The van der Waals surface area contributed by atoms with Crippen molar-refractivity contribution in [1.82, 2.24) is 4.90 Å². The van der Waals surface area contributed by atoms with Crippen molar-refractivity contribution in [3.05, 3.63) is 58.7 Å². The Morgan fingerprint density at radius 3 is 2.13 bits per heavy atom. The summed E-state index contributed by atoms with van der Waals surface area (Å²) in [7, 11) is 1.17. The number of hydrogen-bond acceptors (Lipinski definition) is 5. The van der Waals surface area contributed by atoms with Gasteiger partial charge in [0.15, 0.2) is 0 Å². The third kappa shape index (κ3) is 2.59. The van der Waals surface area contributed by atoms with Gasteiger partial charge in [0, 0.05) is 19.2 Å². The summed E-state index contributed by atoms with van der Waals surface area (Å²) < 4.78 is 4.56. The van der Waals surface area contributed by atoms with Gasteiger partial charge in [-0.1, -0.05) is 24.3 Å². The number of hydrogen-bond donors (Lipinski definition) is 2. The van der Waals surface area contributed by atoms with Crippen LogP contribution < -0.4 is 0 Å². The minimum atomic E-state index is -0.777. The van der Waals surface area contributed by atoms with Crippen LogP contribution in [0.5, 0.6) is 11.5 Å². The van der Waals surface area contributed by atoms with E-state index >= 15 is 0 Å². The highest BCUT2D eigenvalue weighted by atomic mass is 16.5. The monoisotopic (exact) mass is 313 g/mol. The largest absolute Gasteiger partial charge is 0.507 e. The summed E-state index contributed by atoms with van der Waals surface area (Å²) in [6, 6.07) is 9.82. The Labute approximate surface area is 132 Å². The zero-order valence-electron chi connectivity index (χ0n) is 12.4. The lowest BCUT2D eigenvalue weighted by Gasteiger charge is -2.17. The third-order valence-electron chi connectivity index (χ3n) is 3.88.